The molecule has 1 unspecified atom stereocenters. The molecule has 7 nitrogen and oxygen atoms in total. The maximum atomic E-state index is 13.6. The van der Waals surface area contributed by atoms with Crippen molar-refractivity contribution in [1.82, 2.24) is 4.90 Å². The molecule has 13 heteroatoms. The highest BCUT2D eigenvalue weighted by atomic mass is 35.5. The molecular weight excluding hydrogens is 541 g/mol. The molecule has 36 heavy (non-hydrogen) atoms. The molecule has 0 aliphatic carbocycles. The van der Waals surface area contributed by atoms with Gasteiger partial charge in [0, 0.05) is 24.7 Å². The van der Waals surface area contributed by atoms with Gasteiger partial charge >= 0.3 is 12.1 Å². The number of carboxylic acid groups (broad SMARTS) is 1. The Morgan fingerprint density at radius 2 is 1.97 bits per heavy atom. The summed E-state index contributed by atoms with van der Waals surface area (Å²) >= 11 is 6.83. The number of likely N-dealkylation sites (tertiary alicyclic amines) is 1. The summed E-state index contributed by atoms with van der Waals surface area (Å²) in [7, 11) is -2.49. The number of likely N-dealkylation sites (N-methyl/N-ethyl adjacent to an activating group) is 1. The fourth-order valence-electron chi connectivity index (χ4n) is 3.86. The number of ether oxygens (including phenoxy) is 1. The third-order valence-electron chi connectivity index (χ3n) is 5.51. The van der Waals surface area contributed by atoms with Crippen molar-refractivity contribution in [2.75, 3.05) is 24.9 Å². The average molecular weight is 561 g/mol. The normalized spacial score (nSPS) is 16.8. The number of carboxylic acids is 1. The lowest BCUT2D eigenvalue weighted by molar-refractivity contribution is -0.139. The van der Waals surface area contributed by atoms with Crippen LogP contribution in [0.15, 0.2) is 52.7 Å². The van der Waals surface area contributed by atoms with Gasteiger partial charge in [0.1, 0.15) is 16.1 Å². The van der Waals surface area contributed by atoms with Gasteiger partial charge in [-0.2, -0.15) is 13.2 Å². The minimum absolute atomic E-state index is 0.0479. The van der Waals surface area contributed by atoms with E-state index in [1.165, 1.54) is 30.3 Å². The zero-order valence-electron chi connectivity index (χ0n) is 18.7. The molecule has 0 spiro atoms. The molecule has 1 aliphatic rings. The van der Waals surface area contributed by atoms with Crippen molar-refractivity contribution >= 4 is 44.6 Å². The quantitative estimate of drug-likeness (QED) is 0.387. The second kappa shape index (κ2) is 9.92. The molecule has 2 aromatic carbocycles. The van der Waals surface area contributed by atoms with E-state index in [0.717, 1.165) is 29.5 Å². The van der Waals surface area contributed by atoms with Gasteiger partial charge in [0.05, 0.1) is 21.2 Å². The predicted molar refractivity (Wildman–Crippen MR) is 131 cm³/mol. The standard InChI is InChI=1S/C23H20ClF3N2O5S2/c1-29-8-7-16(12-29)34-19-10-15(5-6-18(19)23(25,26)27)28-36(32,33)22-17(11-20(24)35-22)13-3-2-4-14(9-13)21(30)31/h2-6,9-11,16,28H,7-8,12H2,1H3,(H,30,31). The van der Waals surface area contributed by atoms with Gasteiger partial charge in [-0.15, -0.1) is 11.3 Å². The summed E-state index contributed by atoms with van der Waals surface area (Å²) in [6, 6.07) is 9.85. The zero-order valence-corrected chi connectivity index (χ0v) is 21.1. The summed E-state index contributed by atoms with van der Waals surface area (Å²) in [5.74, 6) is -1.66. The first-order valence-electron chi connectivity index (χ1n) is 10.6. The van der Waals surface area contributed by atoms with E-state index >= 15 is 0 Å². The number of sulfonamides is 1. The molecule has 2 heterocycles. The third-order valence-corrected chi connectivity index (χ3v) is 8.69. The van der Waals surface area contributed by atoms with E-state index in [4.69, 9.17) is 16.3 Å². The van der Waals surface area contributed by atoms with Crippen molar-refractivity contribution < 1.29 is 36.2 Å². The van der Waals surface area contributed by atoms with Crippen LogP contribution in [0.4, 0.5) is 18.9 Å². The Morgan fingerprint density at radius 1 is 1.22 bits per heavy atom. The lowest BCUT2D eigenvalue weighted by atomic mass is 10.1. The van der Waals surface area contributed by atoms with Crippen molar-refractivity contribution in [2.45, 2.75) is 22.9 Å². The Kier molecular flexibility index (Phi) is 7.24. The number of nitrogens with one attached hydrogen (secondary N) is 1. The van der Waals surface area contributed by atoms with Crippen LogP contribution >= 0.6 is 22.9 Å². The van der Waals surface area contributed by atoms with E-state index in [0.29, 0.717) is 25.1 Å². The Bertz CT molecular complexity index is 1410. The van der Waals surface area contributed by atoms with Crippen molar-refractivity contribution in [3.8, 4) is 16.9 Å². The molecule has 0 saturated carbocycles. The lowest BCUT2D eigenvalue weighted by Gasteiger charge is -2.19. The zero-order chi connectivity index (χ0) is 26.3. The highest BCUT2D eigenvalue weighted by Crippen LogP contribution is 2.41. The summed E-state index contributed by atoms with van der Waals surface area (Å²) in [4.78, 5) is 13.3. The second-order valence-electron chi connectivity index (χ2n) is 8.24. The number of halogens is 4. The van der Waals surface area contributed by atoms with Crippen molar-refractivity contribution in [1.29, 1.82) is 0 Å². The summed E-state index contributed by atoms with van der Waals surface area (Å²) in [6.45, 7) is 1.11. The molecule has 192 valence electrons. The molecule has 0 radical (unpaired) electrons. The van der Waals surface area contributed by atoms with Crippen LogP contribution in [0.3, 0.4) is 0 Å². The van der Waals surface area contributed by atoms with Crippen LogP contribution in [0.5, 0.6) is 5.75 Å². The Morgan fingerprint density at radius 3 is 2.61 bits per heavy atom. The Hall–Kier alpha value is -2.80. The number of rotatable bonds is 7. The maximum absolute atomic E-state index is 13.6. The highest BCUT2D eigenvalue weighted by molar-refractivity contribution is 7.94. The minimum Gasteiger partial charge on any atom is -0.488 e. The molecule has 4 rings (SSSR count). The maximum Gasteiger partial charge on any atom is 0.419 e. The number of hydrogen-bond acceptors (Lipinski definition) is 6. The first kappa shape index (κ1) is 26.3. The van der Waals surface area contributed by atoms with Crippen molar-refractivity contribution in [2.24, 2.45) is 0 Å². The summed E-state index contributed by atoms with van der Waals surface area (Å²) < 4.78 is 75.1. The van der Waals surface area contributed by atoms with Crippen LogP contribution in [-0.2, 0) is 16.2 Å². The van der Waals surface area contributed by atoms with Crippen LogP contribution < -0.4 is 9.46 Å². The number of anilines is 1. The molecule has 1 saturated heterocycles. The molecule has 1 aliphatic heterocycles. The van der Waals surface area contributed by atoms with Crippen LogP contribution in [-0.4, -0.2) is 50.6 Å². The smallest absolute Gasteiger partial charge is 0.419 e. The molecule has 3 aromatic rings. The van der Waals surface area contributed by atoms with Gasteiger partial charge in [-0.3, -0.25) is 4.72 Å². The Balaban J connectivity index is 1.69. The topological polar surface area (TPSA) is 95.9 Å². The average Bonchev–Trinajstić information content (AvgIpc) is 3.38. The van der Waals surface area contributed by atoms with E-state index in [1.807, 2.05) is 11.9 Å². The molecule has 1 atom stereocenters. The number of hydrogen-bond donors (Lipinski definition) is 2. The van der Waals surface area contributed by atoms with Crippen molar-refractivity contribution in [3.05, 3.63) is 64.0 Å². The second-order valence-corrected chi connectivity index (χ2v) is 11.8. The van der Waals surface area contributed by atoms with Crippen LogP contribution in [0.1, 0.15) is 22.3 Å². The molecular formula is C23H20ClF3N2O5S2. The number of aromatic carboxylic acids is 1. The largest absolute Gasteiger partial charge is 0.488 e. The van der Waals surface area contributed by atoms with Gasteiger partial charge in [0.15, 0.2) is 0 Å². The monoisotopic (exact) mass is 560 g/mol. The molecule has 1 aromatic heterocycles. The number of nitrogens with zero attached hydrogens (tertiary/aromatic N) is 1. The number of alkyl halides is 3. The van der Waals surface area contributed by atoms with Gasteiger partial charge in [0.2, 0.25) is 0 Å². The molecule has 1 fully saturated rings. The Labute approximate surface area is 214 Å². The first-order chi connectivity index (χ1) is 16.8. The van der Waals surface area contributed by atoms with Crippen LogP contribution in [0, 0.1) is 0 Å². The van der Waals surface area contributed by atoms with Gasteiger partial charge in [-0.1, -0.05) is 23.7 Å². The van der Waals surface area contributed by atoms with Gasteiger partial charge < -0.3 is 14.7 Å². The van der Waals surface area contributed by atoms with Crippen LogP contribution in [0.2, 0.25) is 4.34 Å². The predicted octanol–water partition coefficient (Wildman–Crippen LogP) is 5.67. The van der Waals surface area contributed by atoms with E-state index in [2.05, 4.69) is 4.72 Å². The lowest BCUT2D eigenvalue weighted by Crippen LogP contribution is -2.23. The third kappa shape index (κ3) is 5.77. The van der Waals surface area contributed by atoms with E-state index in [-0.39, 0.29) is 25.4 Å². The fraction of sp³-hybridized carbons (Fsp3) is 0.261. The van der Waals surface area contributed by atoms with Gasteiger partial charge in [-0.05, 0) is 49.4 Å². The van der Waals surface area contributed by atoms with Crippen LogP contribution in [0.25, 0.3) is 11.1 Å². The molecule has 0 amide bonds. The highest BCUT2D eigenvalue weighted by Gasteiger charge is 2.36. The van der Waals surface area contributed by atoms with Crippen molar-refractivity contribution in [3.63, 3.8) is 0 Å². The molecule has 2 N–H and O–H groups in total. The first-order valence-corrected chi connectivity index (χ1v) is 13.2. The van der Waals surface area contributed by atoms with Gasteiger partial charge in [-0.25, -0.2) is 13.2 Å². The summed E-state index contributed by atoms with van der Waals surface area (Å²) in [5, 5.41) is 9.26. The van der Waals surface area contributed by atoms with Gasteiger partial charge in [0.25, 0.3) is 10.0 Å². The summed E-state index contributed by atoms with van der Waals surface area (Å²) in [5.41, 5.74) is -0.712. The SMILES string of the molecule is CN1CCC(Oc2cc(NS(=O)(=O)c3sc(Cl)cc3-c3cccc(C(=O)O)c3)ccc2C(F)(F)F)C1. The number of carbonyl (C=O) groups is 1. The fourth-order valence-corrected chi connectivity index (χ4v) is 6.80. The summed E-state index contributed by atoms with van der Waals surface area (Å²) in [6.07, 6.45) is -4.62. The number of benzene rings is 2. The minimum atomic E-state index is -4.69. The van der Waals surface area contributed by atoms with E-state index in [1.54, 1.807) is 0 Å². The van der Waals surface area contributed by atoms with E-state index < -0.39 is 39.6 Å². The number of thiophene rings is 1. The van der Waals surface area contributed by atoms with E-state index in [9.17, 15) is 31.5 Å². The molecule has 0 bridgehead atoms.